The maximum atomic E-state index is 15.0. The standard InChI is InChI=1S/C60H103N23O12/c1-34(2)32-43(54(92)81-29-9-17-44(81)51(89)78-41(56(94)95)16-8-28-74-60(69)70)80-50(88)42(33-35-20-22-36(84)23-21-35)79-52(90)45-18-10-30-82(45)55(93)46-19-11-31-83(46)53(91)40(15-7-27-73-59(67)68)77-49(87)39(14-6-26-72-58(65)66)76-48(86)38(13-5-25-71-57(63)64)75-47(85)37(62)12-3-4-24-61/h20-23,34,37-46,84H,3-19,24-33,61-62H2,1-2H3,(H,75,85)(H,76,86)(H,77,87)(H,78,89)(H,79,90)(H,80,88)(H,94,95)(H4,63,64,71)(H4,65,66,72)(H4,67,68,73)(H4,69,70,74)/t37-,38-,39-,40-,41-,42-,43-,44-,45-,46-/m0/s1. The number of benzene rings is 1. The summed E-state index contributed by atoms with van der Waals surface area (Å²) in [6.45, 7) is 4.69. The Labute approximate surface area is 553 Å². The number of rotatable bonds is 40. The van der Waals surface area contributed by atoms with E-state index in [1.807, 2.05) is 13.8 Å². The van der Waals surface area contributed by atoms with Gasteiger partial charge >= 0.3 is 5.97 Å². The van der Waals surface area contributed by atoms with Crippen molar-refractivity contribution in [3.63, 3.8) is 0 Å². The Bertz CT molecular complexity index is 2860. The number of carbonyl (C=O) groups is 10. The lowest BCUT2D eigenvalue weighted by molar-refractivity contribution is -0.148. The van der Waals surface area contributed by atoms with Crippen LogP contribution >= 0.6 is 0 Å². The minimum absolute atomic E-state index is 0.000550. The molecule has 0 radical (unpaired) electrons. The highest BCUT2D eigenvalue weighted by Crippen LogP contribution is 2.27. The van der Waals surface area contributed by atoms with Crippen LogP contribution in [0.1, 0.15) is 135 Å². The van der Waals surface area contributed by atoms with Gasteiger partial charge in [0.15, 0.2) is 23.8 Å². The average molecular weight is 1340 g/mol. The molecule has 0 bridgehead atoms. The van der Waals surface area contributed by atoms with E-state index in [1.54, 1.807) is 12.1 Å². The number of nitrogens with two attached hydrogens (primary N) is 10. The molecule has 0 aromatic heterocycles. The number of unbranched alkanes of at least 4 members (excludes halogenated alkanes) is 1. The number of nitrogens with one attached hydrogen (secondary N) is 6. The third-order valence-electron chi connectivity index (χ3n) is 16.4. The minimum atomic E-state index is -1.37. The zero-order valence-corrected chi connectivity index (χ0v) is 54.6. The van der Waals surface area contributed by atoms with Crippen molar-refractivity contribution >= 4 is 83.0 Å². The molecule has 4 rings (SSSR count). The third kappa shape index (κ3) is 26.6. The maximum absolute atomic E-state index is 15.0. The summed E-state index contributed by atoms with van der Waals surface area (Å²) in [4.78, 5) is 162. The Morgan fingerprint density at radius 1 is 0.484 bits per heavy atom. The number of amides is 9. The van der Waals surface area contributed by atoms with Gasteiger partial charge in [-0.15, -0.1) is 0 Å². The van der Waals surface area contributed by atoms with Crippen molar-refractivity contribution < 1.29 is 58.2 Å². The number of hydrogen-bond donors (Lipinski definition) is 18. The second-order valence-electron chi connectivity index (χ2n) is 24.5. The van der Waals surface area contributed by atoms with Crippen LogP contribution in [0.25, 0.3) is 0 Å². The molecule has 28 N–H and O–H groups in total. The average Bonchev–Trinajstić information content (AvgIpc) is 1.72. The fourth-order valence-electron chi connectivity index (χ4n) is 11.6. The summed E-state index contributed by atoms with van der Waals surface area (Å²) in [5.74, 6) is -8.51. The number of nitrogens with zero attached hydrogens (tertiary/aromatic N) is 7. The summed E-state index contributed by atoms with van der Waals surface area (Å²) in [5.41, 5.74) is 56.6. The molecule has 9 amide bonds. The Balaban J connectivity index is 1.60. The van der Waals surface area contributed by atoms with Crippen LogP contribution in [0.2, 0.25) is 0 Å². The molecular weight excluding hydrogens is 1230 g/mol. The third-order valence-corrected chi connectivity index (χ3v) is 16.4. The lowest BCUT2D eigenvalue weighted by atomic mass is 10.00. The van der Waals surface area contributed by atoms with Crippen molar-refractivity contribution in [3.05, 3.63) is 29.8 Å². The first kappa shape index (κ1) is 78.2. The number of aliphatic carboxylic acids is 1. The topological polar surface area (TPSA) is 603 Å². The Morgan fingerprint density at radius 3 is 1.35 bits per heavy atom. The van der Waals surface area contributed by atoms with E-state index in [2.05, 4.69) is 51.9 Å². The van der Waals surface area contributed by atoms with Gasteiger partial charge in [0.1, 0.15) is 60.1 Å². The predicted molar refractivity (Wildman–Crippen MR) is 355 cm³/mol. The summed E-state index contributed by atoms with van der Waals surface area (Å²) in [6.07, 6.45) is 3.82. The van der Waals surface area contributed by atoms with Crippen LogP contribution in [0.5, 0.6) is 5.75 Å². The summed E-state index contributed by atoms with van der Waals surface area (Å²) in [7, 11) is 0. The fraction of sp³-hybridized carbons (Fsp3) is 0.667. The van der Waals surface area contributed by atoms with Crippen molar-refractivity contribution in [3.8, 4) is 5.75 Å². The molecule has 3 saturated heterocycles. The Morgan fingerprint density at radius 2 is 0.874 bits per heavy atom. The highest BCUT2D eigenvalue weighted by atomic mass is 16.4. The number of phenols is 1. The van der Waals surface area contributed by atoms with Gasteiger partial charge in [-0.25, -0.2) is 4.79 Å². The van der Waals surface area contributed by atoms with E-state index in [0.717, 1.165) is 0 Å². The second-order valence-corrected chi connectivity index (χ2v) is 24.5. The molecule has 1 aromatic carbocycles. The SMILES string of the molecule is CC(C)C[C@H](NC(=O)[C@H](Cc1ccc(O)cc1)NC(=O)[C@@H]1CCCN1C(=O)[C@@H]1CCCN1C(=O)[C@H](CCCN=C(N)N)NC(=O)[C@H](CCCN=C(N)N)NC(=O)[C@H](CCCN=C(N)N)NC(=O)[C@@H](N)CCCCN)C(=O)N1CCC[C@H]1C(=O)N[C@@H](CCCN=C(N)N)C(=O)O. The van der Waals surface area contributed by atoms with Crippen molar-refractivity contribution in [1.29, 1.82) is 0 Å². The van der Waals surface area contributed by atoms with Gasteiger partial charge in [-0.1, -0.05) is 32.4 Å². The van der Waals surface area contributed by atoms with E-state index in [-0.39, 0.29) is 171 Å². The minimum Gasteiger partial charge on any atom is -0.508 e. The van der Waals surface area contributed by atoms with Gasteiger partial charge in [0.2, 0.25) is 53.2 Å². The molecule has 0 spiro atoms. The van der Waals surface area contributed by atoms with E-state index in [4.69, 9.17) is 57.3 Å². The molecule has 3 heterocycles. The van der Waals surface area contributed by atoms with Crippen LogP contribution in [0.15, 0.2) is 44.2 Å². The van der Waals surface area contributed by atoms with E-state index in [1.165, 1.54) is 26.8 Å². The van der Waals surface area contributed by atoms with Gasteiger partial charge in [-0.05, 0) is 139 Å². The van der Waals surface area contributed by atoms with Gasteiger partial charge in [0.25, 0.3) is 0 Å². The molecule has 95 heavy (non-hydrogen) atoms. The van der Waals surface area contributed by atoms with Gasteiger partial charge in [-0.3, -0.25) is 63.1 Å². The number of hydrogen-bond acceptors (Lipinski definition) is 17. The Kier molecular flexibility index (Phi) is 33.0. The normalized spacial score (nSPS) is 18.1. The predicted octanol–water partition coefficient (Wildman–Crippen LogP) is -5.38. The first-order chi connectivity index (χ1) is 45.1. The monoisotopic (exact) mass is 1340 g/mol. The molecule has 3 fully saturated rings. The van der Waals surface area contributed by atoms with Crippen LogP contribution in [-0.4, -0.2) is 221 Å². The van der Waals surface area contributed by atoms with Crippen molar-refractivity contribution in [2.75, 3.05) is 52.4 Å². The summed E-state index contributed by atoms with van der Waals surface area (Å²) in [6, 6.07) is -6.19. The quantitative estimate of drug-likeness (QED) is 0.0166. The molecule has 0 aliphatic carbocycles. The molecular formula is C60H103N23O12. The van der Waals surface area contributed by atoms with Crippen molar-refractivity contribution in [1.82, 2.24) is 46.6 Å². The second kappa shape index (κ2) is 40.1. The fourth-order valence-corrected chi connectivity index (χ4v) is 11.6. The maximum Gasteiger partial charge on any atom is 0.326 e. The molecule has 530 valence electrons. The van der Waals surface area contributed by atoms with E-state index in [0.29, 0.717) is 44.2 Å². The first-order valence-electron chi connectivity index (χ1n) is 32.5. The molecule has 3 aliphatic rings. The number of carboxylic acids is 1. The number of aromatic hydroxyl groups is 1. The smallest absolute Gasteiger partial charge is 0.326 e. The highest BCUT2D eigenvalue weighted by molar-refractivity contribution is 5.99. The zero-order valence-electron chi connectivity index (χ0n) is 54.6. The highest BCUT2D eigenvalue weighted by Gasteiger charge is 2.45. The number of carbonyl (C=O) groups excluding carboxylic acids is 9. The summed E-state index contributed by atoms with van der Waals surface area (Å²) in [5, 5.41) is 36.5. The van der Waals surface area contributed by atoms with E-state index in [9.17, 15) is 53.4 Å². The van der Waals surface area contributed by atoms with E-state index < -0.39 is 120 Å². The largest absolute Gasteiger partial charge is 0.508 e. The van der Waals surface area contributed by atoms with Crippen LogP contribution < -0.4 is 89.2 Å². The lowest BCUT2D eigenvalue weighted by Crippen LogP contribution is -2.60. The summed E-state index contributed by atoms with van der Waals surface area (Å²) >= 11 is 0. The zero-order chi connectivity index (χ0) is 70.3. The molecule has 0 saturated carbocycles. The van der Waals surface area contributed by atoms with Crippen LogP contribution in [-0.2, 0) is 54.4 Å². The summed E-state index contributed by atoms with van der Waals surface area (Å²) < 4.78 is 0. The number of carboxylic acid groups (broad SMARTS) is 1. The number of likely N-dealkylation sites (tertiary alicyclic amines) is 3. The van der Waals surface area contributed by atoms with Crippen LogP contribution in [0.4, 0.5) is 0 Å². The van der Waals surface area contributed by atoms with Gasteiger partial charge in [0.05, 0.1) is 6.04 Å². The first-order valence-corrected chi connectivity index (χ1v) is 32.5. The van der Waals surface area contributed by atoms with Crippen LogP contribution in [0, 0.1) is 5.92 Å². The molecule has 35 nitrogen and oxygen atoms in total. The molecule has 10 atom stereocenters. The number of aliphatic imine (C=N–C) groups is 4. The van der Waals surface area contributed by atoms with Crippen molar-refractivity contribution in [2.24, 2.45) is 83.2 Å². The number of guanidine groups is 4. The molecule has 0 unspecified atom stereocenters. The van der Waals surface area contributed by atoms with Gasteiger partial charge < -0.3 is 114 Å². The van der Waals surface area contributed by atoms with E-state index >= 15 is 4.79 Å². The lowest BCUT2D eigenvalue weighted by Gasteiger charge is -2.34. The molecule has 1 aromatic rings. The molecule has 3 aliphatic heterocycles. The van der Waals surface area contributed by atoms with Crippen molar-refractivity contribution in [2.45, 2.75) is 196 Å². The Hall–Kier alpha value is -9.28. The number of phenolic OH excluding ortho intramolecular Hbond substituents is 1. The van der Waals surface area contributed by atoms with Gasteiger partial charge in [-0.2, -0.15) is 0 Å². The molecule has 35 heteroatoms. The van der Waals surface area contributed by atoms with Gasteiger partial charge in [0, 0.05) is 52.2 Å². The van der Waals surface area contributed by atoms with Crippen LogP contribution in [0.3, 0.4) is 0 Å².